The van der Waals surface area contributed by atoms with Crippen molar-refractivity contribution in [2.45, 2.75) is 6.04 Å². The van der Waals surface area contributed by atoms with Crippen LogP contribution in [0.15, 0.2) is 24.3 Å². The zero-order valence-corrected chi connectivity index (χ0v) is 7.33. The van der Waals surface area contributed by atoms with E-state index in [-0.39, 0.29) is 0 Å². The molecule has 3 heteroatoms. The lowest BCUT2D eigenvalue weighted by atomic mass is 10.1. The molecule has 1 aromatic rings. The third-order valence-electron chi connectivity index (χ3n) is 1.80. The van der Waals surface area contributed by atoms with Gasteiger partial charge in [0.15, 0.2) is 6.67 Å². The summed E-state index contributed by atoms with van der Waals surface area (Å²) >= 11 is 0. The van der Waals surface area contributed by atoms with E-state index in [4.69, 9.17) is 11.3 Å². The Morgan fingerprint density at radius 3 is 2.77 bits per heavy atom. The highest BCUT2D eigenvalue weighted by Crippen LogP contribution is 2.27. The molecule has 2 nitrogen and oxygen atoms in total. The summed E-state index contributed by atoms with van der Waals surface area (Å²) in [6, 6.07) is 6.26. The molecule has 0 aliphatic rings. The first-order valence-corrected chi connectivity index (χ1v) is 3.89. The topological polar surface area (TPSA) is 13.6 Å². The standard InChI is InChI=1S/C10H10FNO/c1-12-9(7-11)8-5-3-4-6-10(8)13-2/h3-6,9H,7H2,2H3. The van der Waals surface area contributed by atoms with Gasteiger partial charge in [-0.1, -0.05) is 12.1 Å². The first-order valence-electron chi connectivity index (χ1n) is 3.89. The zero-order chi connectivity index (χ0) is 9.68. The second-order valence-corrected chi connectivity index (χ2v) is 2.54. The van der Waals surface area contributed by atoms with Crippen molar-refractivity contribution in [2.24, 2.45) is 0 Å². The van der Waals surface area contributed by atoms with Crippen LogP contribution in [-0.2, 0) is 0 Å². The van der Waals surface area contributed by atoms with Crippen molar-refractivity contribution in [2.75, 3.05) is 13.8 Å². The van der Waals surface area contributed by atoms with Crippen molar-refractivity contribution in [3.05, 3.63) is 41.2 Å². The first kappa shape index (κ1) is 9.53. The molecular formula is C10H10FNO. The van der Waals surface area contributed by atoms with Crippen molar-refractivity contribution in [1.82, 2.24) is 0 Å². The van der Waals surface area contributed by atoms with Crippen LogP contribution >= 0.6 is 0 Å². The van der Waals surface area contributed by atoms with E-state index in [1.807, 2.05) is 0 Å². The smallest absolute Gasteiger partial charge is 0.280 e. The summed E-state index contributed by atoms with van der Waals surface area (Å²) in [7, 11) is 1.51. The van der Waals surface area contributed by atoms with Gasteiger partial charge in [0.2, 0.25) is 0 Å². The summed E-state index contributed by atoms with van der Waals surface area (Å²) < 4.78 is 17.4. The minimum atomic E-state index is -0.740. The van der Waals surface area contributed by atoms with E-state index >= 15 is 0 Å². The van der Waals surface area contributed by atoms with E-state index in [1.54, 1.807) is 24.3 Å². The van der Waals surface area contributed by atoms with Crippen LogP contribution in [0.1, 0.15) is 11.6 Å². The van der Waals surface area contributed by atoms with Crippen LogP contribution in [-0.4, -0.2) is 13.8 Å². The normalized spacial score (nSPS) is 11.8. The van der Waals surface area contributed by atoms with E-state index in [0.717, 1.165) is 0 Å². The first-order chi connectivity index (χ1) is 6.33. The fourth-order valence-corrected chi connectivity index (χ4v) is 1.13. The maximum absolute atomic E-state index is 12.4. The molecule has 0 aliphatic carbocycles. The van der Waals surface area contributed by atoms with Crippen molar-refractivity contribution in [1.29, 1.82) is 0 Å². The third-order valence-corrected chi connectivity index (χ3v) is 1.80. The number of alkyl halides is 1. The van der Waals surface area contributed by atoms with Crippen LogP contribution in [0.2, 0.25) is 0 Å². The lowest BCUT2D eigenvalue weighted by Crippen LogP contribution is -1.98. The minimum absolute atomic E-state index is 0.571. The highest BCUT2D eigenvalue weighted by molar-refractivity contribution is 5.37. The average Bonchev–Trinajstić information content (AvgIpc) is 2.20. The fraction of sp³-hybridized carbons (Fsp3) is 0.300. The maximum Gasteiger partial charge on any atom is 0.280 e. The molecule has 0 spiro atoms. The van der Waals surface area contributed by atoms with Gasteiger partial charge in [-0.25, -0.2) is 11.0 Å². The number of hydrogen-bond donors (Lipinski definition) is 0. The van der Waals surface area contributed by atoms with Gasteiger partial charge >= 0.3 is 0 Å². The van der Waals surface area contributed by atoms with Crippen molar-refractivity contribution in [3.8, 4) is 5.75 Å². The van der Waals surface area contributed by atoms with Crippen LogP contribution < -0.4 is 4.74 Å². The van der Waals surface area contributed by atoms with Gasteiger partial charge in [-0.05, 0) is 12.1 Å². The van der Waals surface area contributed by atoms with Gasteiger partial charge in [0.05, 0.1) is 12.7 Å². The molecule has 68 valence electrons. The van der Waals surface area contributed by atoms with E-state index in [1.165, 1.54) is 7.11 Å². The number of halogens is 1. The summed E-state index contributed by atoms with van der Waals surface area (Å²) in [6.45, 7) is 6.12. The average molecular weight is 179 g/mol. The predicted molar refractivity (Wildman–Crippen MR) is 48.3 cm³/mol. The third kappa shape index (κ3) is 1.97. The zero-order valence-electron chi connectivity index (χ0n) is 7.33. The second kappa shape index (κ2) is 4.46. The van der Waals surface area contributed by atoms with Crippen molar-refractivity contribution < 1.29 is 9.13 Å². The Balaban J connectivity index is 3.05. The number of nitrogens with zero attached hydrogens (tertiary/aromatic N) is 1. The van der Waals surface area contributed by atoms with Crippen LogP contribution in [0.3, 0.4) is 0 Å². The molecule has 0 bridgehead atoms. The van der Waals surface area contributed by atoms with Gasteiger partial charge in [-0.3, -0.25) is 0 Å². The number of methoxy groups -OCH3 is 1. The largest absolute Gasteiger partial charge is 0.496 e. The molecule has 0 radical (unpaired) electrons. The van der Waals surface area contributed by atoms with Crippen molar-refractivity contribution >= 4 is 0 Å². The van der Waals surface area contributed by atoms with E-state index in [0.29, 0.717) is 11.3 Å². The predicted octanol–water partition coefficient (Wildman–Crippen LogP) is 2.63. The molecule has 0 saturated carbocycles. The molecule has 0 N–H and O–H groups in total. The van der Waals surface area contributed by atoms with Crippen LogP contribution in [0.4, 0.5) is 4.39 Å². The second-order valence-electron chi connectivity index (χ2n) is 2.54. The molecule has 0 fully saturated rings. The Kier molecular flexibility index (Phi) is 3.27. The van der Waals surface area contributed by atoms with Gasteiger partial charge < -0.3 is 9.58 Å². The van der Waals surface area contributed by atoms with Gasteiger partial charge in [-0.15, -0.1) is 0 Å². The Morgan fingerprint density at radius 2 is 2.23 bits per heavy atom. The summed E-state index contributed by atoms with van der Waals surface area (Å²) in [4.78, 5) is 3.18. The Bertz CT molecular complexity index is 319. The van der Waals surface area contributed by atoms with Gasteiger partial charge in [0.25, 0.3) is 6.04 Å². The quantitative estimate of drug-likeness (QED) is 0.650. The molecule has 1 atom stereocenters. The SMILES string of the molecule is [C-]#[N+]C(CF)c1ccccc1OC. The van der Waals surface area contributed by atoms with Crippen LogP contribution in [0.5, 0.6) is 5.75 Å². The van der Waals surface area contributed by atoms with Gasteiger partial charge in [0, 0.05) is 0 Å². The summed E-state index contributed by atoms with van der Waals surface area (Å²) in [5, 5.41) is 0. The summed E-state index contributed by atoms with van der Waals surface area (Å²) in [5.74, 6) is 0.571. The molecular weight excluding hydrogens is 169 g/mol. The fourth-order valence-electron chi connectivity index (χ4n) is 1.13. The lowest BCUT2D eigenvalue weighted by Gasteiger charge is -2.06. The molecule has 1 aromatic carbocycles. The Morgan fingerprint density at radius 1 is 1.54 bits per heavy atom. The molecule has 0 aliphatic heterocycles. The molecule has 1 rings (SSSR count). The van der Waals surface area contributed by atoms with E-state index in [9.17, 15) is 4.39 Å². The van der Waals surface area contributed by atoms with Gasteiger partial charge in [-0.2, -0.15) is 0 Å². The van der Waals surface area contributed by atoms with E-state index in [2.05, 4.69) is 4.85 Å². The maximum atomic E-state index is 12.4. The van der Waals surface area contributed by atoms with Crippen molar-refractivity contribution in [3.63, 3.8) is 0 Å². The molecule has 0 heterocycles. The van der Waals surface area contributed by atoms with Crippen LogP contribution in [0, 0.1) is 6.57 Å². The van der Waals surface area contributed by atoms with Gasteiger partial charge in [0.1, 0.15) is 5.75 Å². The molecule has 0 saturated heterocycles. The summed E-state index contributed by atoms with van der Waals surface area (Å²) in [5.41, 5.74) is 0.613. The molecule has 0 amide bonds. The number of para-hydroxylation sites is 1. The number of ether oxygens (including phenoxy) is 1. The highest BCUT2D eigenvalue weighted by Gasteiger charge is 2.19. The highest BCUT2D eigenvalue weighted by atomic mass is 19.1. The number of benzene rings is 1. The van der Waals surface area contributed by atoms with Crippen LogP contribution in [0.25, 0.3) is 4.85 Å². The molecule has 13 heavy (non-hydrogen) atoms. The number of hydrogen-bond acceptors (Lipinski definition) is 1. The molecule has 0 aromatic heterocycles. The molecule has 1 unspecified atom stereocenters. The number of rotatable bonds is 3. The van der Waals surface area contributed by atoms with E-state index < -0.39 is 12.7 Å². The summed E-state index contributed by atoms with van der Waals surface area (Å²) in [6.07, 6.45) is 0. The monoisotopic (exact) mass is 179 g/mol. The lowest BCUT2D eigenvalue weighted by molar-refractivity contribution is 0.398. The minimum Gasteiger partial charge on any atom is -0.496 e. The Labute approximate surface area is 76.8 Å². The Hall–Kier alpha value is -1.56.